The van der Waals surface area contributed by atoms with Gasteiger partial charge in [-0.2, -0.15) is 0 Å². The van der Waals surface area contributed by atoms with Gasteiger partial charge in [-0.1, -0.05) is 42.5 Å². The second-order valence-corrected chi connectivity index (χ2v) is 4.67. The molecule has 0 aromatic heterocycles. The first kappa shape index (κ1) is 12.7. The van der Waals surface area contributed by atoms with Gasteiger partial charge in [-0.25, -0.2) is 0 Å². The maximum atomic E-state index is 2.25. The molecule has 94 valence electrons. The van der Waals surface area contributed by atoms with Crippen LogP contribution in [0.5, 0.6) is 0 Å². The Morgan fingerprint density at radius 2 is 1.33 bits per heavy atom. The minimum Gasteiger partial charge on any atom is -0.375 e. The van der Waals surface area contributed by atoms with Crippen molar-refractivity contribution in [2.24, 2.45) is 0 Å². The molecule has 18 heavy (non-hydrogen) atoms. The molecule has 0 bridgehead atoms. The van der Waals surface area contributed by atoms with E-state index in [1.54, 1.807) is 0 Å². The van der Waals surface area contributed by atoms with Crippen molar-refractivity contribution in [3.05, 3.63) is 65.7 Å². The molecule has 2 rings (SSSR count). The maximum Gasteiger partial charge on any atom is 0.0363 e. The predicted molar refractivity (Wildman–Crippen MR) is 79.2 cm³/mol. The number of anilines is 1. The van der Waals surface area contributed by atoms with Gasteiger partial charge in [-0.3, -0.25) is 0 Å². The number of nitrogens with zero attached hydrogens (tertiary/aromatic N) is 1. The molecule has 0 heterocycles. The Balaban J connectivity index is 1.94. The molecule has 1 nitrogen and oxygen atoms in total. The Kier molecular flexibility index (Phi) is 4.40. The van der Waals surface area contributed by atoms with Crippen molar-refractivity contribution >= 4 is 5.69 Å². The molecule has 1 heteroatoms. The predicted octanol–water partition coefficient (Wildman–Crippen LogP) is 3.93. The highest BCUT2D eigenvalue weighted by molar-refractivity contribution is 5.46. The molecule has 0 unspecified atom stereocenters. The van der Waals surface area contributed by atoms with Gasteiger partial charge in [0.15, 0.2) is 0 Å². The standard InChI is InChI=1S/C17H21N/c1-3-18(2)17-13-11-16(12-14-17)10-9-15-7-5-4-6-8-15/h4-8,11-14H,3,9-10H2,1-2H3. The van der Waals surface area contributed by atoms with Crippen LogP contribution in [0.15, 0.2) is 54.6 Å². The topological polar surface area (TPSA) is 3.24 Å². The summed E-state index contributed by atoms with van der Waals surface area (Å²) in [5, 5.41) is 0. The SMILES string of the molecule is CCN(C)c1ccc(CCc2ccccc2)cc1. The van der Waals surface area contributed by atoms with Crippen molar-refractivity contribution in [2.75, 3.05) is 18.5 Å². The lowest BCUT2D eigenvalue weighted by Crippen LogP contribution is -2.15. The van der Waals surface area contributed by atoms with Gasteiger partial charge in [0.25, 0.3) is 0 Å². The molecule has 0 aliphatic heterocycles. The zero-order chi connectivity index (χ0) is 12.8. The van der Waals surface area contributed by atoms with E-state index in [1.165, 1.54) is 16.8 Å². The van der Waals surface area contributed by atoms with Gasteiger partial charge in [-0.05, 0) is 43.0 Å². The average molecular weight is 239 g/mol. The van der Waals surface area contributed by atoms with E-state index < -0.39 is 0 Å². The molecule has 0 radical (unpaired) electrons. The van der Waals surface area contributed by atoms with E-state index in [-0.39, 0.29) is 0 Å². The summed E-state index contributed by atoms with van der Waals surface area (Å²) < 4.78 is 0. The Morgan fingerprint density at radius 3 is 1.89 bits per heavy atom. The Labute approximate surface area is 110 Å². The van der Waals surface area contributed by atoms with Gasteiger partial charge in [-0.15, -0.1) is 0 Å². The molecule has 2 aromatic carbocycles. The molecular weight excluding hydrogens is 218 g/mol. The minimum absolute atomic E-state index is 1.05. The molecule has 0 aliphatic carbocycles. The van der Waals surface area contributed by atoms with E-state index >= 15 is 0 Å². The summed E-state index contributed by atoms with van der Waals surface area (Å²) in [4.78, 5) is 2.25. The first-order valence-corrected chi connectivity index (χ1v) is 6.63. The molecule has 0 atom stereocenters. The summed E-state index contributed by atoms with van der Waals surface area (Å²) in [6.07, 6.45) is 2.23. The highest BCUT2D eigenvalue weighted by Crippen LogP contribution is 2.15. The first-order chi connectivity index (χ1) is 8.79. The Morgan fingerprint density at radius 1 is 0.778 bits per heavy atom. The Bertz CT molecular complexity index is 459. The monoisotopic (exact) mass is 239 g/mol. The van der Waals surface area contributed by atoms with E-state index in [1.807, 2.05) is 0 Å². The third-order valence-electron chi connectivity index (χ3n) is 3.40. The van der Waals surface area contributed by atoms with Crippen LogP contribution in [0.25, 0.3) is 0 Å². The van der Waals surface area contributed by atoms with Crippen LogP contribution in [0.4, 0.5) is 5.69 Å². The van der Waals surface area contributed by atoms with Gasteiger partial charge < -0.3 is 4.90 Å². The fraction of sp³-hybridized carbons (Fsp3) is 0.294. The van der Waals surface area contributed by atoms with E-state index in [9.17, 15) is 0 Å². The fourth-order valence-corrected chi connectivity index (χ4v) is 2.03. The van der Waals surface area contributed by atoms with Gasteiger partial charge in [0.1, 0.15) is 0 Å². The molecule has 0 spiro atoms. The average Bonchev–Trinajstić information content (AvgIpc) is 2.46. The second-order valence-electron chi connectivity index (χ2n) is 4.67. The van der Waals surface area contributed by atoms with Crippen LogP contribution in [0, 0.1) is 0 Å². The van der Waals surface area contributed by atoms with Crippen LogP contribution in [-0.4, -0.2) is 13.6 Å². The second kappa shape index (κ2) is 6.25. The molecular formula is C17H21N. The van der Waals surface area contributed by atoms with Crippen LogP contribution in [0.3, 0.4) is 0 Å². The fourth-order valence-electron chi connectivity index (χ4n) is 2.03. The van der Waals surface area contributed by atoms with Crippen molar-refractivity contribution in [1.29, 1.82) is 0 Å². The quantitative estimate of drug-likeness (QED) is 0.764. The van der Waals surface area contributed by atoms with E-state index in [4.69, 9.17) is 0 Å². The van der Waals surface area contributed by atoms with Gasteiger partial charge in [0.05, 0.1) is 0 Å². The van der Waals surface area contributed by atoms with Crippen molar-refractivity contribution in [3.8, 4) is 0 Å². The van der Waals surface area contributed by atoms with Gasteiger partial charge in [0.2, 0.25) is 0 Å². The number of benzene rings is 2. The molecule has 2 aromatic rings. The van der Waals surface area contributed by atoms with Crippen LogP contribution in [0.1, 0.15) is 18.1 Å². The lowest BCUT2D eigenvalue weighted by atomic mass is 10.0. The van der Waals surface area contributed by atoms with Crippen molar-refractivity contribution in [3.63, 3.8) is 0 Å². The lowest BCUT2D eigenvalue weighted by molar-refractivity contribution is 0.948. The largest absolute Gasteiger partial charge is 0.375 e. The van der Waals surface area contributed by atoms with Crippen LogP contribution in [0.2, 0.25) is 0 Å². The lowest BCUT2D eigenvalue weighted by Gasteiger charge is -2.16. The van der Waals surface area contributed by atoms with E-state index in [0.717, 1.165) is 19.4 Å². The third kappa shape index (κ3) is 3.36. The van der Waals surface area contributed by atoms with E-state index in [0.29, 0.717) is 0 Å². The third-order valence-corrected chi connectivity index (χ3v) is 3.40. The summed E-state index contributed by atoms with van der Waals surface area (Å²) in [7, 11) is 2.12. The van der Waals surface area contributed by atoms with Crippen LogP contribution < -0.4 is 4.90 Å². The zero-order valence-electron chi connectivity index (χ0n) is 11.3. The molecule has 0 N–H and O–H groups in total. The van der Waals surface area contributed by atoms with Crippen LogP contribution >= 0.6 is 0 Å². The summed E-state index contributed by atoms with van der Waals surface area (Å²) >= 11 is 0. The maximum absolute atomic E-state index is 2.25. The molecule has 0 amide bonds. The van der Waals surface area contributed by atoms with Crippen LogP contribution in [-0.2, 0) is 12.8 Å². The summed E-state index contributed by atoms with van der Waals surface area (Å²) in [5.41, 5.74) is 4.11. The molecule has 0 saturated carbocycles. The van der Waals surface area contributed by atoms with Crippen molar-refractivity contribution in [2.45, 2.75) is 19.8 Å². The van der Waals surface area contributed by atoms with Crippen molar-refractivity contribution < 1.29 is 0 Å². The number of hydrogen-bond donors (Lipinski definition) is 0. The summed E-state index contributed by atoms with van der Waals surface area (Å²) in [6.45, 7) is 3.21. The van der Waals surface area contributed by atoms with Gasteiger partial charge >= 0.3 is 0 Å². The van der Waals surface area contributed by atoms with Crippen molar-refractivity contribution in [1.82, 2.24) is 0 Å². The normalized spacial score (nSPS) is 10.3. The highest BCUT2D eigenvalue weighted by Gasteiger charge is 1.99. The molecule has 0 aliphatic rings. The summed E-state index contributed by atoms with van der Waals surface area (Å²) in [5.74, 6) is 0. The smallest absolute Gasteiger partial charge is 0.0363 e. The molecule has 0 saturated heterocycles. The number of hydrogen-bond acceptors (Lipinski definition) is 1. The number of aryl methyl sites for hydroxylation is 2. The van der Waals surface area contributed by atoms with E-state index in [2.05, 4.69) is 73.5 Å². The minimum atomic E-state index is 1.05. The Hall–Kier alpha value is -1.76. The molecule has 0 fully saturated rings. The number of rotatable bonds is 5. The first-order valence-electron chi connectivity index (χ1n) is 6.63. The van der Waals surface area contributed by atoms with Gasteiger partial charge in [0, 0.05) is 19.3 Å². The highest BCUT2D eigenvalue weighted by atomic mass is 15.1. The summed E-state index contributed by atoms with van der Waals surface area (Å²) in [6, 6.07) is 19.6. The zero-order valence-corrected chi connectivity index (χ0v) is 11.3.